The van der Waals surface area contributed by atoms with Gasteiger partial charge in [0.15, 0.2) is 5.69 Å². The minimum absolute atomic E-state index is 0.0799. The number of nitrogens with zero attached hydrogens (tertiary/aromatic N) is 5. The summed E-state index contributed by atoms with van der Waals surface area (Å²) in [5.41, 5.74) is 2.45. The van der Waals surface area contributed by atoms with E-state index in [9.17, 15) is 13.2 Å². The van der Waals surface area contributed by atoms with Crippen molar-refractivity contribution < 1.29 is 17.9 Å². The number of fused-ring (bicyclic) bond motifs is 5. The van der Waals surface area contributed by atoms with E-state index in [1.165, 1.54) is 4.68 Å². The minimum atomic E-state index is -4.66. The van der Waals surface area contributed by atoms with E-state index in [1.807, 2.05) is 6.07 Å². The maximum atomic E-state index is 14.1. The quantitative estimate of drug-likeness (QED) is 0.357. The lowest BCUT2D eigenvalue weighted by Gasteiger charge is -2.24. The molecule has 0 radical (unpaired) electrons. The Hall–Kier alpha value is -3.73. The van der Waals surface area contributed by atoms with E-state index >= 15 is 0 Å². The summed E-state index contributed by atoms with van der Waals surface area (Å²) >= 11 is 0. The van der Waals surface area contributed by atoms with Gasteiger partial charge in [-0.15, -0.1) is 0 Å². The predicted octanol–water partition coefficient (Wildman–Crippen LogP) is 5.48. The Labute approximate surface area is 192 Å². The Morgan fingerprint density at radius 2 is 2.03 bits per heavy atom. The summed E-state index contributed by atoms with van der Waals surface area (Å²) < 4.78 is 49.5. The molecule has 6 heterocycles. The van der Waals surface area contributed by atoms with Gasteiger partial charge in [0.05, 0.1) is 23.1 Å². The zero-order valence-corrected chi connectivity index (χ0v) is 18.1. The topological polar surface area (TPSA) is 93.5 Å². The maximum absolute atomic E-state index is 14.1. The SMILES string of the molecule is Cc1c(-c2nc3c([nH]2)-c2ccncc2Nc2ncccc2-3)c(C(F)(F)F)nn1C1CCCCO1. The van der Waals surface area contributed by atoms with E-state index < -0.39 is 18.1 Å². The molecule has 1 unspecified atom stereocenters. The number of H-pyrrole nitrogens is 1. The van der Waals surface area contributed by atoms with Crippen LogP contribution in [0.4, 0.5) is 24.7 Å². The first-order chi connectivity index (χ1) is 16.4. The van der Waals surface area contributed by atoms with Crippen LogP contribution < -0.4 is 5.32 Å². The Morgan fingerprint density at radius 3 is 2.82 bits per heavy atom. The molecule has 2 N–H and O–H groups in total. The van der Waals surface area contributed by atoms with Gasteiger partial charge in [0, 0.05) is 35.8 Å². The Balaban J connectivity index is 1.58. The molecule has 8 nitrogen and oxygen atoms in total. The number of halogens is 3. The van der Waals surface area contributed by atoms with Gasteiger partial charge in [-0.2, -0.15) is 18.3 Å². The molecule has 2 aliphatic rings. The number of aromatic amines is 1. The predicted molar refractivity (Wildman–Crippen MR) is 118 cm³/mol. The van der Waals surface area contributed by atoms with Gasteiger partial charge >= 0.3 is 6.18 Å². The highest BCUT2D eigenvalue weighted by molar-refractivity contribution is 5.95. The number of hydrogen-bond donors (Lipinski definition) is 2. The smallest absolute Gasteiger partial charge is 0.357 e. The van der Waals surface area contributed by atoms with Crippen molar-refractivity contribution in [3.63, 3.8) is 0 Å². The van der Waals surface area contributed by atoms with Crippen molar-refractivity contribution in [2.45, 2.75) is 38.6 Å². The van der Waals surface area contributed by atoms with Gasteiger partial charge in [-0.3, -0.25) is 4.98 Å². The lowest BCUT2D eigenvalue weighted by Crippen LogP contribution is -2.20. The van der Waals surface area contributed by atoms with Crippen molar-refractivity contribution in [2.24, 2.45) is 0 Å². The number of alkyl halides is 3. The highest BCUT2D eigenvalue weighted by atomic mass is 19.4. The number of imidazole rings is 1. The maximum Gasteiger partial charge on any atom is 0.435 e. The molecule has 0 aliphatic carbocycles. The first kappa shape index (κ1) is 20.8. The zero-order chi connectivity index (χ0) is 23.4. The fraction of sp³-hybridized carbons (Fsp3) is 0.304. The van der Waals surface area contributed by atoms with Crippen molar-refractivity contribution in [2.75, 3.05) is 11.9 Å². The van der Waals surface area contributed by atoms with Crippen molar-refractivity contribution >= 4 is 11.5 Å². The molecular formula is C23H20F3N7O. The van der Waals surface area contributed by atoms with Crippen LogP contribution in [0.15, 0.2) is 36.8 Å². The van der Waals surface area contributed by atoms with Crippen LogP contribution in [0.3, 0.4) is 0 Å². The van der Waals surface area contributed by atoms with Crippen LogP contribution in [-0.4, -0.2) is 36.3 Å². The number of ether oxygens (including phenoxy) is 1. The number of nitrogens with one attached hydrogen (secondary N) is 2. The third-order valence-corrected chi connectivity index (χ3v) is 6.19. The highest BCUT2D eigenvalue weighted by Crippen LogP contribution is 2.45. The van der Waals surface area contributed by atoms with E-state index in [0.29, 0.717) is 47.2 Å². The number of pyridine rings is 2. The summed E-state index contributed by atoms with van der Waals surface area (Å²) in [6.07, 6.45) is 2.09. The van der Waals surface area contributed by atoms with E-state index in [0.717, 1.165) is 18.4 Å². The number of hydrogen-bond acceptors (Lipinski definition) is 6. The van der Waals surface area contributed by atoms with Crippen molar-refractivity contribution in [3.8, 4) is 33.9 Å². The van der Waals surface area contributed by atoms with Gasteiger partial charge in [0.1, 0.15) is 23.6 Å². The highest BCUT2D eigenvalue weighted by Gasteiger charge is 2.41. The molecule has 1 atom stereocenters. The second kappa shape index (κ2) is 7.66. The van der Waals surface area contributed by atoms with E-state index in [1.54, 1.807) is 37.6 Å². The first-order valence-electron chi connectivity index (χ1n) is 11.0. The monoisotopic (exact) mass is 467 g/mol. The van der Waals surface area contributed by atoms with Gasteiger partial charge in [-0.05, 0) is 44.4 Å². The lowest BCUT2D eigenvalue weighted by atomic mass is 10.1. The average Bonchev–Trinajstić information content (AvgIpc) is 3.38. The minimum Gasteiger partial charge on any atom is -0.357 e. The summed E-state index contributed by atoms with van der Waals surface area (Å²) in [4.78, 5) is 16.4. The third kappa shape index (κ3) is 3.26. The Kier molecular flexibility index (Phi) is 4.70. The molecule has 174 valence electrons. The third-order valence-electron chi connectivity index (χ3n) is 6.19. The fourth-order valence-electron chi connectivity index (χ4n) is 4.61. The van der Waals surface area contributed by atoms with E-state index in [2.05, 4.69) is 30.4 Å². The fourth-order valence-corrected chi connectivity index (χ4v) is 4.61. The molecule has 0 bridgehead atoms. The van der Waals surface area contributed by atoms with Crippen LogP contribution in [0.2, 0.25) is 0 Å². The number of rotatable bonds is 2. The average molecular weight is 467 g/mol. The molecule has 0 spiro atoms. The summed E-state index contributed by atoms with van der Waals surface area (Å²) in [7, 11) is 0. The molecule has 2 aliphatic heterocycles. The van der Waals surface area contributed by atoms with Crippen LogP contribution in [-0.2, 0) is 10.9 Å². The Bertz CT molecular complexity index is 1320. The molecule has 34 heavy (non-hydrogen) atoms. The molecule has 4 aromatic rings. The van der Waals surface area contributed by atoms with Crippen molar-refractivity contribution in [1.82, 2.24) is 29.7 Å². The van der Waals surface area contributed by atoms with Crippen LogP contribution in [0.25, 0.3) is 33.9 Å². The summed E-state index contributed by atoms with van der Waals surface area (Å²) in [6, 6.07) is 5.37. The van der Waals surface area contributed by atoms with Crippen LogP contribution in [0, 0.1) is 6.92 Å². The molecular weight excluding hydrogens is 447 g/mol. The van der Waals surface area contributed by atoms with Crippen molar-refractivity contribution in [3.05, 3.63) is 48.2 Å². The molecule has 6 rings (SSSR count). The normalized spacial score (nSPS) is 17.4. The lowest BCUT2D eigenvalue weighted by molar-refractivity contribution is -0.141. The van der Waals surface area contributed by atoms with Crippen LogP contribution in [0.5, 0.6) is 0 Å². The largest absolute Gasteiger partial charge is 0.435 e. The molecule has 11 heteroatoms. The standard InChI is InChI=1S/C23H20F3N7O/c1-12-17(20(23(24,25)26)32-33(12)16-6-2-3-10-34-16)22-30-18-13-7-9-27-11-15(13)29-21-14(19(18)31-22)5-4-8-28-21/h4-5,7-9,11,16H,2-3,6,10H2,1H3,(H,28,29)(H,30,31). The zero-order valence-electron chi connectivity index (χ0n) is 18.1. The summed E-state index contributed by atoms with van der Waals surface area (Å²) in [6.45, 7) is 2.12. The Morgan fingerprint density at radius 1 is 1.15 bits per heavy atom. The van der Waals surface area contributed by atoms with Gasteiger partial charge in [-0.25, -0.2) is 14.6 Å². The molecule has 4 aromatic heterocycles. The number of aromatic nitrogens is 6. The summed E-state index contributed by atoms with van der Waals surface area (Å²) in [5.74, 6) is 0.643. The van der Waals surface area contributed by atoms with E-state index in [4.69, 9.17) is 4.74 Å². The molecule has 1 fully saturated rings. The summed E-state index contributed by atoms with van der Waals surface area (Å²) in [5, 5.41) is 7.21. The van der Waals surface area contributed by atoms with Crippen LogP contribution in [0.1, 0.15) is 36.9 Å². The van der Waals surface area contributed by atoms with Gasteiger partial charge < -0.3 is 15.0 Å². The molecule has 0 saturated carbocycles. The first-order valence-corrected chi connectivity index (χ1v) is 11.0. The van der Waals surface area contributed by atoms with E-state index in [-0.39, 0.29) is 11.4 Å². The van der Waals surface area contributed by atoms with Gasteiger partial charge in [-0.1, -0.05) is 0 Å². The second-order valence-electron chi connectivity index (χ2n) is 8.33. The second-order valence-corrected chi connectivity index (χ2v) is 8.33. The molecule has 1 saturated heterocycles. The number of anilines is 2. The molecule has 0 amide bonds. The van der Waals surface area contributed by atoms with Crippen LogP contribution >= 0.6 is 0 Å². The van der Waals surface area contributed by atoms with Gasteiger partial charge in [0.2, 0.25) is 0 Å². The van der Waals surface area contributed by atoms with Gasteiger partial charge in [0.25, 0.3) is 0 Å². The molecule has 0 aromatic carbocycles. The van der Waals surface area contributed by atoms with Crippen molar-refractivity contribution in [1.29, 1.82) is 0 Å².